The van der Waals surface area contributed by atoms with E-state index in [2.05, 4.69) is 25.4 Å². The molecule has 7 heteroatoms. The van der Waals surface area contributed by atoms with E-state index in [4.69, 9.17) is 11.6 Å². The molecule has 4 aromatic rings. The summed E-state index contributed by atoms with van der Waals surface area (Å²) in [5.74, 6) is 1.44. The van der Waals surface area contributed by atoms with Gasteiger partial charge in [-0.2, -0.15) is 9.78 Å². The van der Waals surface area contributed by atoms with E-state index >= 15 is 0 Å². The summed E-state index contributed by atoms with van der Waals surface area (Å²) in [6, 6.07) is 13.4. The van der Waals surface area contributed by atoms with Crippen molar-refractivity contribution in [2.45, 2.75) is 6.54 Å². The molecule has 0 fully saturated rings. The van der Waals surface area contributed by atoms with E-state index in [9.17, 15) is 0 Å². The molecule has 0 aliphatic heterocycles. The molecular weight excluding hydrogens is 324 g/mol. The molecule has 1 aromatic carbocycles. The molecule has 0 unspecified atom stereocenters. The number of anilines is 1. The number of hydrogen-bond acceptors (Lipinski definition) is 5. The Morgan fingerprint density at radius 2 is 2.00 bits per heavy atom. The predicted molar refractivity (Wildman–Crippen MR) is 93.2 cm³/mol. The zero-order chi connectivity index (χ0) is 16.4. The minimum atomic E-state index is 0.613. The van der Waals surface area contributed by atoms with Crippen LogP contribution in [0.25, 0.3) is 16.9 Å². The van der Waals surface area contributed by atoms with Crippen LogP contribution in [0.15, 0.2) is 61.2 Å². The van der Waals surface area contributed by atoms with Gasteiger partial charge in [-0.3, -0.25) is 0 Å². The molecule has 24 heavy (non-hydrogen) atoms. The van der Waals surface area contributed by atoms with E-state index < -0.39 is 0 Å². The second-order valence-corrected chi connectivity index (χ2v) is 5.62. The normalized spacial score (nSPS) is 10.9. The molecule has 4 rings (SSSR count). The third-order valence-corrected chi connectivity index (χ3v) is 3.82. The molecule has 0 radical (unpaired) electrons. The van der Waals surface area contributed by atoms with Gasteiger partial charge >= 0.3 is 0 Å². The molecule has 118 valence electrons. The predicted octanol–water partition coefficient (Wildman–Crippen LogP) is 3.48. The van der Waals surface area contributed by atoms with Crippen LogP contribution in [0.2, 0.25) is 5.02 Å². The summed E-state index contributed by atoms with van der Waals surface area (Å²) in [5.41, 5.74) is 1.78. The molecular formula is C17H13ClN6. The summed E-state index contributed by atoms with van der Waals surface area (Å²) in [6.07, 6.45) is 4.98. The molecule has 3 aromatic heterocycles. The van der Waals surface area contributed by atoms with Crippen molar-refractivity contribution in [2.75, 3.05) is 5.32 Å². The van der Waals surface area contributed by atoms with Crippen molar-refractivity contribution in [3.63, 3.8) is 0 Å². The Kier molecular flexibility index (Phi) is 3.80. The van der Waals surface area contributed by atoms with Gasteiger partial charge in [0.1, 0.15) is 12.1 Å². The Hall–Kier alpha value is -2.99. The number of rotatable bonds is 4. The van der Waals surface area contributed by atoms with Gasteiger partial charge in [-0.15, -0.1) is 0 Å². The van der Waals surface area contributed by atoms with Crippen LogP contribution in [0.5, 0.6) is 0 Å². The Balaban J connectivity index is 1.66. The van der Waals surface area contributed by atoms with E-state index in [1.807, 2.05) is 42.5 Å². The molecule has 0 saturated heterocycles. The maximum atomic E-state index is 6.02. The fourth-order valence-electron chi connectivity index (χ4n) is 2.46. The fourth-order valence-corrected chi connectivity index (χ4v) is 2.68. The molecule has 0 saturated carbocycles. The molecule has 1 N–H and O–H groups in total. The summed E-state index contributed by atoms with van der Waals surface area (Å²) in [6.45, 7) is 0.613. The number of halogens is 1. The van der Waals surface area contributed by atoms with Gasteiger partial charge in [-0.1, -0.05) is 29.8 Å². The quantitative estimate of drug-likeness (QED) is 0.618. The topological polar surface area (TPSA) is 68.5 Å². The van der Waals surface area contributed by atoms with Crippen LogP contribution in [0.1, 0.15) is 5.56 Å². The van der Waals surface area contributed by atoms with Crippen LogP contribution in [0.4, 0.5) is 5.82 Å². The third kappa shape index (κ3) is 2.79. The maximum absolute atomic E-state index is 6.02. The fraction of sp³-hybridized carbons (Fsp3) is 0.0588. The highest BCUT2D eigenvalue weighted by atomic mass is 35.5. The minimum absolute atomic E-state index is 0.613. The van der Waals surface area contributed by atoms with Crippen LogP contribution < -0.4 is 5.32 Å². The lowest BCUT2D eigenvalue weighted by molar-refractivity contribution is 0.861. The van der Waals surface area contributed by atoms with E-state index in [-0.39, 0.29) is 0 Å². The van der Waals surface area contributed by atoms with Gasteiger partial charge in [0.15, 0.2) is 11.5 Å². The van der Waals surface area contributed by atoms with Crippen LogP contribution in [0, 0.1) is 0 Å². The van der Waals surface area contributed by atoms with E-state index in [0.29, 0.717) is 23.0 Å². The average Bonchev–Trinajstić information content (AvgIpc) is 3.05. The van der Waals surface area contributed by atoms with Crippen LogP contribution in [0.3, 0.4) is 0 Å². The average molecular weight is 337 g/mol. The zero-order valence-corrected chi connectivity index (χ0v) is 13.4. The first-order valence-corrected chi connectivity index (χ1v) is 7.77. The highest BCUT2D eigenvalue weighted by Crippen LogP contribution is 2.21. The first-order valence-electron chi connectivity index (χ1n) is 7.40. The minimum Gasteiger partial charge on any atom is -0.365 e. The van der Waals surface area contributed by atoms with Gasteiger partial charge in [-0.25, -0.2) is 15.0 Å². The number of nitrogens with zero attached hydrogens (tertiary/aromatic N) is 5. The van der Waals surface area contributed by atoms with Crippen LogP contribution in [-0.4, -0.2) is 24.7 Å². The molecule has 6 nitrogen and oxygen atoms in total. The van der Waals surface area contributed by atoms with Gasteiger partial charge in [0.2, 0.25) is 0 Å². The summed E-state index contributed by atoms with van der Waals surface area (Å²) in [4.78, 5) is 13.0. The monoisotopic (exact) mass is 336 g/mol. The number of pyridine rings is 1. The summed E-state index contributed by atoms with van der Waals surface area (Å²) >= 11 is 6.02. The molecule has 3 heterocycles. The second kappa shape index (κ2) is 6.25. The molecule has 0 atom stereocenters. The smallest absolute Gasteiger partial charge is 0.170 e. The third-order valence-electron chi connectivity index (χ3n) is 3.58. The largest absolute Gasteiger partial charge is 0.365 e. The Morgan fingerprint density at radius 3 is 2.83 bits per heavy atom. The Morgan fingerprint density at radius 1 is 1.04 bits per heavy atom. The number of aromatic nitrogens is 5. The lowest BCUT2D eigenvalue weighted by Crippen LogP contribution is -2.03. The number of hydrogen-bond donors (Lipinski definition) is 1. The highest BCUT2D eigenvalue weighted by Gasteiger charge is 2.11. The first kappa shape index (κ1) is 14.6. The van der Waals surface area contributed by atoms with Gasteiger partial charge in [0.25, 0.3) is 0 Å². The van der Waals surface area contributed by atoms with Crippen LogP contribution in [-0.2, 0) is 6.54 Å². The standard InChI is InChI=1S/C17H13ClN6/c18-13-5-3-4-12(8-13)9-20-16-14-10-23-24(17(14)22-11-21-16)15-6-1-2-7-19-15/h1-8,10-11H,9H2,(H,20,21,22). The highest BCUT2D eigenvalue weighted by molar-refractivity contribution is 6.30. The summed E-state index contributed by atoms with van der Waals surface area (Å²) in [5, 5.41) is 9.25. The lowest BCUT2D eigenvalue weighted by Gasteiger charge is -2.07. The number of nitrogens with one attached hydrogen (secondary N) is 1. The van der Waals surface area contributed by atoms with Crippen LogP contribution >= 0.6 is 11.6 Å². The molecule has 0 amide bonds. The van der Waals surface area contributed by atoms with Crippen molar-refractivity contribution in [1.29, 1.82) is 0 Å². The van der Waals surface area contributed by atoms with Gasteiger partial charge in [0.05, 0.1) is 11.6 Å². The maximum Gasteiger partial charge on any atom is 0.170 e. The van der Waals surface area contributed by atoms with Gasteiger partial charge in [-0.05, 0) is 29.8 Å². The van der Waals surface area contributed by atoms with Crippen molar-refractivity contribution in [1.82, 2.24) is 24.7 Å². The van der Waals surface area contributed by atoms with Gasteiger partial charge < -0.3 is 5.32 Å². The molecule has 0 spiro atoms. The number of benzene rings is 1. The summed E-state index contributed by atoms with van der Waals surface area (Å²) in [7, 11) is 0. The Labute approximate surface area is 143 Å². The van der Waals surface area contributed by atoms with Gasteiger partial charge in [0, 0.05) is 17.8 Å². The van der Waals surface area contributed by atoms with Crippen molar-refractivity contribution in [3.8, 4) is 5.82 Å². The zero-order valence-electron chi connectivity index (χ0n) is 12.6. The van der Waals surface area contributed by atoms with E-state index in [1.54, 1.807) is 17.1 Å². The molecule has 0 aliphatic rings. The first-order chi connectivity index (χ1) is 11.8. The van der Waals surface area contributed by atoms with Crippen molar-refractivity contribution in [3.05, 3.63) is 71.8 Å². The van der Waals surface area contributed by atoms with E-state index in [0.717, 1.165) is 16.8 Å². The molecule has 0 bridgehead atoms. The van der Waals surface area contributed by atoms with Crippen molar-refractivity contribution < 1.29 is 0 Å². The molecule has 0 aliphatic carbocycles. The SMILES string of the molecule is Clc1cccc(CNc2ncnc3c2cnn3-c2ccccn2)c1. The summed E-state index contributed by atoms with van der Waals surface area (Å²) < 4.78 is 1.70. The van der Waals surface area contributed by atoms with Crippen molar-refractivity contribution >= 4 is 28.5 Å². The van der Waals surface area contributed by atoms with E-state index in [1.165, 1.54) is 6.33 Å². The lowest BCUT2D eigenvalue weighted by atomic mass is 10.2. The Bertz CT molecular complexity index is 983. The van der Waals surface area contributed by atoms with Crippen molar-refractivity contribution in [2.24, 2.45) is 0 Å². The second-order valence-electron chi connectivity index (χ2n) is 5.19. The number of fused-ring (bicyclic) bond motifs is 1.